The third-order valence-corrected chi connectivity index (χ3v) is 2.61. The molecular weight excluding hydrogens is 261 g/mol. The highest BCUT2D eigenvalue weighted by Crippen LogP contribution is 2.23. The maximum atomic E-state index is 13.3. The smallest absolute Gasteiger partial charge is 0.323 e. The monoisotopic (exact) mass is 275 g/mol. The molecule has 6 heteroatoms. The third kappa shape index (κ3) is 3.17. The van der Waals surface area contributed by atoms with E-state index in [0.29, 0.717) is 17.1 Å². The van der Waals surface area contributed by atoms with Gasteiger partial charge in [-0.1, -0.05) is 12.1 Å². The number of hydrogen-bond acceptors (Lipinski definition) is 3. The Balaban J connectivity index is 2.07. The summed E-state index contributed by atoms with van der Waals surface area (Å²) in [6, 6.07) is 10.5. The zero-order valence-corrected chi connectivity index (χ0v) is 10.8. The molecule has 0 unspecified atom stereocenters. The van der Waals surface area contributed by atoms with Crippen molar-refractivity contribution in [3.63, 3.8) is 0 Å². The number of carbonyl (C=O) groups excluding carboxylic acids is 1. The van der Waals surface area contributed by atoms with Gasteiger partial charge < -0.3 is 21.1 Å². The zero-order chi connectivity index (χ0) is 14.5. The number of para-hydroxylation sites is 2. The third-order valence-electron chi connectivity index (χ3n) is 2.61. The van der Waals surface area contributed by atoms with Gasteiger partial charge in [-0.05, 0) is 30.3 Å². The van der Waals surface area contributed by atoms with Gasteiger partial charge in [0.05, 0.1) is 18.5 Å². The van der Waals surface area contributed by atoms with Crippen LogP contribution < -0.4 is 21.1 Å². The van der Waals surface area contributed by atoms with E-state index >= 15 is 0 Å². The number of nitrogens with two attached hydrogens (primary N) is 1. The number of ether oxygens (including phenoxy) is 1. The zero-order valence-electron chi connectivity index (χ0n) is 10.8. The summed E-state index contributed by atoms with van der Waals surface area (Å²) in [6.45, 7) is 0. The number of halogens is 1. The Morgan fingerprint density at radius 3 is 2.65 bits per heavy atom. The van der Waals surface area contributed by atoms with Crippen molar-refractivity contribution >= 4 is 23.1 Å². The standard InChI is InChI=1S/C14H14FN3O2/c1-20-13-5-3-2-4-12(13)18-14(19)17-9-6-7-11(16)10(15)8-9/h2-8H,16H2,1H3,(H2,17,18,19). The predicted octanol–water partition coefficient (Wildman–Crippen LogP) is 3.06. The molecule has 0 bridgehead atoms. The van der Waals surface area contributed by atoms with E-state index in [0.717, 1.165) is 6.07 Å². The number of urea groups is 1. The number of hydrogen-bond donors (Lipinski definition) is 3. The number of nitrogens with one attached hydrogen (secondary N) is 2. The van der Waals surface area contributed by atoms with E-state index in [2.05, 4.69) is 10.6 Å². The Morgan fingerprint density at radius 1 is 1.20 bits per heavy atom. The molecule has 20 heavy (non-hydrogen) atoms. The van der Waals surface area contributed by atoms with Crippen molar-refractivity contribution in [2.75, 3.05) is 23.5 Å². The lowest BCUT2D eigenvalue weighted by molar-refractivity contribution is 0.262. The second kappa shape index (κ2) is 5.92. The highest BCUT2D eigenvalue weighted by atomic mass is 19.1. The topological polar surface area (TPSA) is 76.4 Å². The average molecular weight is 275 g/mol. The Morgan fingerprint density at radius 2 is 1.95 bits per heavy atom. The molecule has 0 spiro atoms. The molecule has 0 saturated carbocycles. The minimum absolute atomic E-state index is 0.0284. The minimum atomic E-state index is -0.583. The maximum Gasteiger partial charge on any atom is 0.323 e. The number of carbonyl (C=O) groups is 1. The minimum Gasteiger partial charge on any atom is -0.495 e. The molecule has 0 aliphatic heterocycles. The second-order valence-corrected chi connectivity index (χ2v) is 4.02. The summed E-state index contributed by atoms with van der Waals surface area (Å²) in [5, 5.41) is 5.12. The molecule has 2 rings (SSSR count). The van der Waals surface area contributed by atoms with Crippen molar-refractivity contribution in [1.82, 2.24) is 0 Å². The summed E-state index contributed by atoms with van der Waals surface area (Å²) in [5.74, 6) is -0.0498. The van der Waals surface area contributed by atoms with Gasteiger partial charge in [-0.2, -0.15) is 0 Å². The van der Waals surface area contributed by atoms with Crippen molar-refractivity contribution in [1.29, 1.82) is 0 Å². The van der Waals surface area contributed by atoms with Gasteiger partial charge in [0.2, 0.25) is 0 Å². The largest absolute Gasteiger partial charge is 0.495 e. The number of amides is 2. The first-order valence-corrected chi connectivity index (χ1v) is 5.86. The van der Waals surface area contributed by atoms with Crippen LogP contribution in [0.2, 0.25) is 0 Å². The fourth-order valence-corrected chi connectivity index (χ4v) is 1.64. The van der Waals surface area contributed by atoms with E-state index in [1.165, 1.54) is 19.2 Å². The molecule has 0 aromatic heterocycles. The van der Waals surface area contributed by atoms with Gasteiger partial charge in [0.15, 0.2) is 0 Å². The van der Waals surface area contributed by atoms with E-state index in [-0.39, 0.29) is 5.69 Å². The van der Waals surface area contributed by atoms with Gasteiger partial charge in [-0.15, -0.1) is 0 Å². The number of rotatable bonds is 3. The van der Waals surface area contributed by atoms with Gasteiger partial charge in [0, 0.05) is 5.69 Å². The normalized spacial score (nSPS) is 9.90. The van der Waals surface area contributed by atoms with E-state index in [1.807, 2.05) is 0 Å². The van der Waals surface area contributed by atoms with Crippen LogP contribution in [0.3, 0.4) is 0 Å². The molecule has 2 amide bonds. The van der Waals surface area contributed by atoms with Gasteiger partial charge in [0.25, 0.3) is 0 Å². The summed E-state index contributed by atoms with van der Waals surface area (Å²) >= 11 is 0. The first kappa shape index (κ1) is 13.7. The Bertz CT molecular complexity index is 632. The van der Waals surface area contributed by atoms with Crippen molar-refractivity contribution in [2.24, 2.45) is 0 Å². The van der Waals surface area contributed by atoms with Crippen LogP contribution in [0.15, 0.2) is 42.5 Å². The van der Waals surface area contributed by atoms with Gasteiger partial charge in [0.1, 0.15) is 11.6 Å². The average Bonchev–Trinajstić information content (AvgIpc) is 2.43. The van der Waals surface area contributed by atoms with Crippen LogP contribution in [0, 0.1) is 5.82 Å². The second-order valence-electron chi connectivity index (χ2n) is 4.02. The fraction of sp³-hybridized carbons (Fsp3) is 0.0714. The van der Waals surface area contributed by atoms with Gasteiger partial charge >= 0.3 is 6.03 Å². The molecule has 4 N–H and O–H groups in total. The van der Waals surface area contributed by atoms with Crippen LogP contribution in [-0.2, 0) is 0 Å². The van der Waals surface area contributed by atoms with Gasteiger partial charge in [-0.3, -0.25) is 0 Å². The molecule has 0 aliphatic rings. The van der Waals surface area contributed by atoms with Crippen LogP contribution in [0.5, 0.6) is 5.75 Å². The summed E-state index contributed by atoms with van der Waals surface area (Å²) in [4.78, 5) is 11.8. The number of nitrogen functional groups attached to an aromatic ring is 1. The number of anilines is 3. The Kier molecular flexibility index (Phi) is 4.05. The quantitative estimate of drug-likeness (QED) is 0.753. The molecule has 0 fully saturated rings. The highest BCUT2D eigenvalue weighted by molar-refractivity contribution is 6.00. The van der Waals surface area contributed by atoms with E-state index in [1.54, 1.807) is 24.3 Å². The number of benzene rings is 2. The van der Waals surface area contributed by atoms with Crippen molar-refractivity contribution in [2.45, 2.75) is 0 Å². The van der Waals surface area contributed by atoms with Crippen LogP contribution in [0.25, 0.3) is 0 Å². The SMILES string of the molecule is COc1ccccc1NC(=O)Nc1ccc(N)c(F)c1. The molecule has 0 saturated heterocycles. The summed E-state index contributed by atoms with van der Waals surface area (Å²) in [6.07, 6.45) is 0. The molecule has 0 atom stereocenters. The Hall–Kier alpha value is -2.76. The van der Waals surface area contributed by atoms with Crippen molar-refractivity contribution in [3.8, 4) is 5.75 Å². The predicted molar refractivity (Wildman–Crippen MR) is 76.4 cm³/mol. The number of methoxy groups -OCH3 is 1. The molecule has 5 nitrogen and oxygen atoms in total. The lowest BCUT2D eigenvalue weighted by Crippen LogP contribution is -2.19. The summed E-state index contributed by atoms with van der Waals surface area (Å²) in [7, 11) is 1.51. The highest BCUT2D eigenvalue weighted by Gasteiger charge is 2.08. The van der Waals surface area contributed by atoms with Crippen LogP contribution in [-0.4, -0.2) is 13.1 Å². The van der Waals surface area contributed by atoms with Gasteiger partial charge in [-0.25, -0.2) is 9.18 Å². The molecule has 0 heterocycles. The molecule has 0 aliphatic carbocycles. The first-order valence-electron chi connectivity index (χ1n) is 5.86. The molecule has 2 aromatic rings. The van der Waals surface area contributed by atoms with E-state index in [9.17, 15) is 9.18 Å². The fourth-order valence-electron chi connectivity index (χ4n) is 1.64. The van der Waals surface area contributed by atoms with Crippen LogP contribution in [0.1, 0.15) is 0 Å². The Labute approximate surface area is 115 Å². The van der Waals surface area contributed by atoms with Crippen molar-refractivity contribution < 1.29 is 13.9 Å². The molecule has 104 valence electrons. The maximum absolute atomic E-state index is 13.3. The summed E-state index contributed by atoms with van der Waals surface area (Å²) < 4.78 is 18.4. The molecular formula is C14H14FN3O2. The lowest BCUT2D eigenvalue weighted by atomic mass is 10.2. The van der Waals surface area contributed by atoms with Crippen molar-refractivity contribution in [3.05, 3.63) is 48.3 Å². The van der Waals surface area contributed by atoms with E-state index in [4.69, 9.17) is 10.5 Å². The summed E-state index contributed by atoms with van der Waals surface area (Å²) in [5.41, 5.74) is 6.22. The van der Waals surface area contributed by atoms with E-state index < -0.39 is 11.8 Å². The molecule has 0 radical (unpaired) electrons. The first-order chi connectivity index (χ1) is 9.60. The molecule has 2 aromatic carbocycles. The van der Waals surface area contributed by atoms with Crippen LogP contribution in [0.4, 0.5) is 26.2 Å². The van der Waals surface area contributed by atoms with Crippen LogP contribution >= 0.6 is 0 Å². The lowest BCUT2D eigenvalue weighted by Gasteiger charge is -2.11.